The molecule has 0 spiro atoms. The van der Waals surface area contributed by atoms with E-state index in [-0.39, 0.29) is 0 Å². The Morgan fingerprint density at radius 3 is 1.91 bits per heavy atom. The molecule has 0 unspecified atom stereocenters. The smallest absolute Gasteiger partial charge is 0.00414 e. The molecule has 0 aromatic heterocycles. The third kappa shape index (κ3) is 4.20. The molecule has 0 aromatic carbocycles. The summed E-state index contributed by atoms with van der Waals surface area (Å²) in [6, 6.07) is 1.30. The summed E-state index contributed by atoms with van der Waals surface area (Å²) in [5, 5.41) is 0. The first-order valence-electron chi connectivity index (χ1n) is 4.46. The molecule has 0 rings (SSSR count). The highest BCUT2D eigenvalue weighted by Gasteiger charge is 2.10. The zero-order valence-corrected chi connectivity index (χ0v) is 8.30. The van der Waals surface area contributed by atoms with Gasteiger partial charge in [0.25, 0.3) is 0 Å². The van der Waals surface area contributed by atoms with Crippen LogP contribution in [0, 0.1) is 0 Å². The maximum Gasteiger partial charge on any atom is 0.00414 e. The molecular weight excluding hydrogens is 134 g/mol. The van der Waals surface area contributed by atoms with Gasteiger partial charge >= 0.3 is 0 Å². The zero-order chi connectivity index (χ0) is 8.85. The van der Waals surface area contributed by atoms with Crippen molar-refractivity contribution in [2.75, 3.05) is 6.54 Å². The Bertz CT molecular complexity index is 97.4. The number of nitrogens with zero attached hydrogens (tertiary/aromatic N) is 1. The average molecular weight is 155 g/mol. The molecule has 0 N–H and O–H groups in total. The van der Waals surface area contributed by atoms with Crippen molar-refractivity contribution in [3.05, 3.63) is 12.7 Å². The van der Waals surface area contributed by atoms with Crippen LogP contribution in [-0.2, 0) is 0 Å². The van der Waals surface area contributed by atoms with Crippen LogP contribution in [0.25, 0.3) is 0 Å². The van der Waals surface area contributed by atoms with E-state index in [4.69, 9.17) is 0 Å². The van der Waals surface area contributed by atoms with Gasteiger partial charge in [-0.2, -0.15) is 0 Å². The molecule has 0 bridgehead atoms. The van der Waals surface area contributed by atoms with Gasteiger partial charge in [0, 0.05) is 18.6 Å². The van der Waals surface area contributed by atoms with Gasteiger partial charge in [-0.3, -0.25) is 4.90 Å². The highest BCUT2D eigenvalue weighted by Crippen LogP contribution is 2.05. The molecule has 11 heavy (non-hydrogen) atoms. The van der Waals surface area contributed by atoms with Gasteiger partial charge in [-0.25, -0.2) is 0 Å². The van der Waals surface area contributed by atoms with Crippen LogP contribution in [0.5, 0.6) is 0 Å². The number of hydrogen-bond acceptors (Lipinski definition) is 1. The fraction of sp³-hybridized carbons (Fsp3) is 0.800. The summed E-state index contributed by atoms with van der Waals surface area (Å²) >= 11 is 0. The van der Waals surface area contributed by atoms with Crippen molar-refractivity contribution in [1.29, 1.82) is 0 Å². The summed E-state index contributed by atoms with van der Waals surface area (Å²) in [4.78, 5) is 2.47. The lowest BCUT2D eigenvalue weighted by atomic mass is 10.2. The third-order valence-corrected chi connectivity index (χ3v) is 1.92. The van der Waals surface area contributed by atoms with E-state index in [2.05, 4.69) is 39.2 Å². The van der Waals surface area contributed by atoms with E-state index in [9.17, 15) is 0 Å². The Balaban J connectivity index is 3.79. The van der Waals surface area contributed by atoms with E-state index in [1.807, 2.05) is 6.08 Å². The first-order chi connectivity index (χ1) is 5.09. The second-order valence-electron chi connectivity index (χ2n) is 3.50. The molecular formula is C10H21N. The second kappa shape index (κ2) is 5.36. The van der Waals surface area contributed by atoms with Gasteiger partial charge in [-0.15, -0.1) is 6.58 Å². The van der Waals surface area contributed by atoms with Gasteiger partial charge in [0.2, 0.25) is 0 Å². The molecule has 0 saturated carbocycles. The lowest BCUT2D eigenvalue weighted by Gasteiger charge is -2.29. The Hall–Kier alpha value is -0.300. The van der Waals surface area contributed by atoms with E-state index in [0.29, 0.717) is 12.1 Å². The largest absolute Gasteiger partial charge is 0.298 e. The molecule has 0 heterocycles. The lowest BCUT2D eigenvalue weighted by Crippen LogP contribution is -2.37. The Kier molecular flexibility index (Phi) is 5.22. The number of hydrogen-bond donors (Lipinski definition) is 0. The van der Waals surface area contributed by atoms with Crippen LogP contribution in [0.1, 0.15) is 34.1 Å². The molecule has 66 valence electrons. The maximum atomic E-state index is 3.72. The molecule has 0 aromatic rings. The minimum absolute atomic E-state index is 0.648. The first kappa shape index (κ1) is 10.7. The highest BCUT2D eigenvalue weighted by molar-refractivity contribution is 4.73. The van der Waals surface area contributed by atoms with Crippen LogP contribution in [-0.4, -0.2) is 23.5 Å². The van der Waals surface area contributed by atoms with Crippen molar-refractivity contribution in [2.45, 2.75) is 46.2 Å². The SMILES string of the molecule is C=CCCN(C(C)C)C(C)C. The molecule has 0 radical (unpaired) electrons. The standard InChI is InChI=1S/C10H21N/c1-6-7-8-11(9(2)3)10(4)5/h6,9-10H,1,7-8H2,2-5H3. The summed E-state index contributed by atoms with van der Waals surface area (Å²) in [5.41, 5.74) is 0. The summed E-state index contributed by atoms with van der Waals surface area (Å²) < 4.78 is 0. The summed E-state index contributed by atoms with van der Waals surface area (Å²) in [6.45, 7) is 13.8. The molecule has 1 nitrogen and oxygen atoms in total. The van der Waals surface area contributed by atoms with Gasteiger partial charge < -0.3 is 0 Å². The van der Waals surface area contributed by atoms with Crippen LogP contribution < -0.4 is 0 Å². The van der Waals surface area contributed by atoms with Gasteiger partial charge in [-0.05, 0) is 34.1 Å². The van der Waals surface area contributed by atoms with Gasteiger partial charge in [-0.1, -0.05) is 6.08 Å². The van der Waals surface area contributed by atoms with Gasteiger partial charge in [0.15, 0.2) is 0 Å². The topological polar surface area (TPSA) is 3.24 Å². The van der Waals surface area contributed by atoms with Crippen LogP contribution in [0.3, 0.4) is 0 Å². The first-order valence-corrected chi connectivity index (χ1v) is 4.46. The minimum Gasteiger partial charge on any atom is -0.298 e. The quantitative estimate of drug-likeness (QED) is 0.552. The van der Waals surface area contributed by atoms with Crippen molar-refractivity contribution in [3.8, 4) is 0 Å². The fourth-order valence-corrected chi connectivity index (χ4v) is 1.35. The molecule has 0 aliphatic carbocycles. The summed E-state index contributed by atoms with van der Waals surface area (Å²) in [5.74, 6) is 0. The predicted molar refractivity (Wildman–Crippen MR) is 51.8 cm³/mol. The van der Waals surface area contributed by atoms with Crippen molar-refractivity contribution in [2.24, 2.45) is 0 Å². The van der Waals surface area contributed by atoms with Crippen LogP contribution >= 0.6 is 0 Å². The fourth-order valence-electron chi connectivity index (χ4n) is 1.35. The second-order valence-corrected chi connectivity index (χ2v) is 3.50. The summed E-state index contributed by atoms with van der Waals surface area (Å²) in [6.07, 6.45) is 3.08. The zero-order valence-electron chi connectivity index (χ0n) is 8.30. The highest BCUT2D eigenvalue weighted by atomic mass is 15.2. The molecule has 1 heteroatoms. The van der Waals surface area contributed by atoms with E-state index in [0.717, 1.165) is 13.0 Å². The van der Waals surface area contributed by atoms with E-state index < -0.39 is 0 Å². The maximum absolute atomic E-state index is 3.72. The van der Waals surface area contributed by atoms with Crippen molar-refractivity contribution in [3.63, 3.8) is 0 Å². The minimum atomic E-state index is 0.648. The monoisotopic (exact) mass is 155 g/mol. The van der Waals surface area contributed by atoms with Crippen molar-refractivity contribution < 1.29 is 0 Å². The van der Waals surface area contributed by atoms with E-state index in [1.165, 1.54) is 0 Å². The predicted octanol–water partition coefficient (Wildman–Crippen LogP) is 2.68. The van der Waals surface area contributed by atoms with Crippen LogP contribution in [0.2, 0.25) is 0 Å². The van der Waals surface area contributed by atoms with E-state index >= 15 is 0 Å². The van der Waals surface area contributed by atoms with Gasteiger partial charge in [0.1, 0.15) is 0 Å². The molecule has 0 amide bonds. The Morgan fingerprint density at radius 2 is 1.64 bits per heavy atom. The molecule has 0 saturated heterocycles. The molecule has 0 aliphatic rings. The molecule has 0 aliphatic heterocycles. The van der Waals surface area contributed by atoms with Crippen molar-refractivity contribution in [1.82, 2.24) is 4.90 Å². The van der Waals surface area contributed by atoms with E-state index in [1.54, 1.807) is 0 Å². The Morgan fingerprint density at radius 1 is 1.18 bits per heavy atom. The molecule has 0 fully saturated rings. The Labute approximate surface area is 71.1 Å². The van der Waals surface area contributed by atoms with Crippen molar-refractivity contribution >= 4 is 0 Å². The van der Waals surface area contributed by atoms with Crippen LogP contribution in [0.4, 0.5) is 0 Å². The van der Waals surface area contributed by atoms with Crippen LogP contribution in [0.15, 0.2) is 12.7 Å². The third-order valence-electron chi connectivity index (χ3n) is 1.92. The lowest BCUT2D eigenvalue weighted by molar-refractivity contribution is 0.178. The summed E-state index contributed by atoms with van der Waals surface area (Å²) in [7, 11) is 0. The number of rotatable bonds is 5. The average Bonchev–Trinajstić information content (AvgIpc) is 1.87. The molecule has 0 atom stereocenters. The van der Waals surface area contributed by atoms with Gasteiger partial charge in [0.05, 0.1) is 0 Å². The normalized spacial score (nSPS) is 11.5.